The minimum Gasteiger partial charge on any atom is -0.405 e. The Bertz CT molecular complexity index is 496. The molecule has 6 heteroatoms. The van der Waals surface area contributed by atoms with Crippen LogP contribution in [0.1, 0.15) is 24.8 Å². The van der Waals surface area contributed by atoms with Crippen molar-refractivity contribution < 1.29 is 17.9 Å². The molecule has 3 nitrogen and oxygen atoms in total. The van der Waals surface area contributed by atoms with Crippen LogP contribution in [0.15, 0.2) is 24.3 Å². The van der Waals surface area contributed by atoms with Gasteiger partial charge in [0.1, 0.15) is 5.75 Å². The molecule has 108 valence electrons. The SMILES string of the molecule is N#CC1CCCC1NCc1ccccc1OC(F)(F)F. The molecule has 0 bridgehead atoms. The van der Waals surface area contributed by atoms with Crippen LogP contribution in [0.25, 0.3) is 0 Å². The maximum Gasteiger partial charge on any atom is 0.573 e. The summed E-state index contributed by atoms with van der Waals surface area (Å²) in [6, 6.07) is 8.31. The first-order valence-corrected chi connectivity index (χ1v) is 6.46. The zero-order valence-electron chi connectivity index (χ0n) is 10.8. The lowest BCUT2D eigenvalue weighted by molar-refractivity contribution is -0.274. The highest BCUT2D eigenvalue weighted by molar-refractivity contribution is 5.33. The predicted octanol–water partition coefficient (Wildman–Crippen LogP) is 3.37. The number of hydrogen-bond donors (Lipinski definition) is 1. The summed E-state index contributed by atoms with van der Waals surface area (Å²) in [5, 5.41) is 12.1. The van der Waals surface area contributed by atoms with E-state index in [1.807, 2.05) is 0 Å². The molecule has 0 spiro atoms. The van der Waals surface area contributed by atoms with Crippen LogP contribution in [-0.4, -0.2) is 12.4 Å². The Balaban J connectivity index is 2.01. The lowest BCUT2D eigenvalue weighted by atomic mass is 10.1. The highest BCUT2D eigenvalue weighted by atomic mass is 19.4. The second-order valence-corrected chi connectivity index (χ2v) is 4.81. The molecule has 1 N–H and O–H groups in total. The van der Waals surface area contributed by atoms with Gasteiger partial charge in [-0.1, -0.05) is 24.6 Å². The molecule has 1 aliphatic rings. The van der Waals surface area contributed by atoms with Gasteiger partial charge < -0.3 is 10.1 Å². The van der Waals surface area contributed by atoms with E-state index in [1.165, 1.54) is 12.1 Å². The monoisotopic (exact) mass is 284 g/mol. The van der Waals surface area contributed by atoms with Crippen molar-refractivity contribution in [3.63, 3.8) is 0 Å². The molecular weight excluding hydrogens is 269 g/mol. The van der Waals surface area contributed by atoms with Crippen molar-refractivity contribution in [2.75, 3.05) is 0 Å². The van der Waals surface area contributed by atoms with Crippen molar-refractivity contribution in [1.82, 2.24) is 5.32 Å². The van der Waals surface area contributed by atoms with Gasteiger partial charge in [-0.2, -0.15) is 5.26 Å². The van der Waals surface area contributed by atoms with Crippen LogP contribution >= 0.6 is 0 Å². The van der Waals surface area contributed by atoms with E-state index < -0.39 is 6.36 Å². The van der Waals surface area contributed by atoms with Crippen LogP contribution in [0.4, 0.5) is 13.2 Å². The first-order valence-electron chi connectivity index (χ1n) is 6.46. The largest absolute Gasteiger partial charge is 0.573 e. The fraction of sp³-hybridized carbons (Fsp3) is 0.500. The molecule has 20 heavy (non-hydrogen) atoms. The molecule has 2 atom stereocenters. The van der Waals surface area contributed by atoms with Crippen LogP contribution in [0.5, 0.6) is 5.75 Å². The van der Waals surface area contributed by atoms with E-state index >= 15 is 0 Å². The molecule has 1 saturated carbocycles. The second kappa shape index (κ2) is 6.14. The molecule has 1 fully saturated rings. The minimum atomic E-state index is -4.70. The van der Waals surface area contributed by atoms with Crippen LogP contribution in [0.3, 0.4) is 0 Å². The molecule has 1 aromatic carbocycles. The summed E-state index contributed by atoms with van der Waals surface area (Å²) in [5.41, 5.74) is 0.438. The summed E-state index contributed by atoms with van der Waals surface area (Å²) in [4.78, 5) is 0. The summed E-state index contributed by atoms with van der Waals surface area (Å²) in [6.07, 6.45) is -2.01. The quantitative estimate of drug-likeness (QED) is 0.922. The fourth-order valence-corrected chi connectivity index (χ4v) is 2.47. The molecule has 0 saturated heterocycles. The number of halogens is 3. The van der Waals surface area contributed by atoms with Gasteiger partial charge in [0.05, 0.1) is 12.0 Å². The van der Waals surface area contributed by atoms with E-state index in [-0.39, 0.29) is 24.3 Å². The molecule has 1 aliphatic carbocycles. The molecule has 0 radical (unpaired) electrons. The van der Waals surface area contributed by atoms with E-state index in [1.54, 1.807) is 12.1 Å². The van der Waals surface area contributed by atoms with Gasteiger partial charge in [-0.3, -0.25) is 0 Å². The van der Waals surface area contributed by atoms with E-state index in [0.717, 1.165) is 19.3 Å². The normalized spacial score (nSPS) is 22.5. The van der Waals surface area contributed by atoms with Crippen LogP contribution in [0, 0.1) is 17.2 Å². The molecule has 2 unspecified atom stereocenters. The van der Waals surface area contributed by atoms with Crippen LogP contribution in [-0.2, 0) is 6.54 Å². The topological polar surface area (TPSA) is 45.0 Å². The van der Waals surface area contributed by atoms with Gasteiger partial charge in [-0.25, -0.2) is 0 Å². The maximum atomic E-state index is 12.3. The summed E-state index contributed by atoms with van der Waals surface area (Å²) >= 11 is 0. The summed E-state index contributed by atoms with van der Waals surface area (Å²) in [7, 11) is 0. The summed E-state index contributed by atoms with van der Waals surface area (Å²) in [5.74, 6) is -0.260. The Morgan fingerprint density at radius 1 is 1.30 bits per heavy atom. The minimum absolute atomic E-state index is 0.0407. The highest BCUT2D eigenvalue weighted by Crippen LogP contribution is 2.28. The average molecular weight is 284 g/mol. The maximum absolute atomic E-state index is 12.3. The molecule has 2 rings (SSSR count). The van der Waals surface area contributed by atoms with E-state index in [9.17, 15) is 13.2 Å². The number of nitrogens with one attached hydrogen (secondary N) is 1. The number of nitriles is 1. The fourth-order valence-electron chi connectivity index (χ4n) is 2.47. The third-order valence-electron chi connectivity index (χ3n) is 3.43. The van der Waals surface area contributed by atoms with Crippen LogP contribution in [0.2, 0.25) is 0 Å². The van der Waals surface area contributed by atoms with E-state index in [2.05, 4.69) is 16.1 Å². The standard InChI is InChI=1S/C14H15F3N2O/c15-14(16,17)20-13-7-2-1-4-11(13)9-19-12-6-3-5-10(12)8-18/h1-2,4,7,10,12,19H,3,5-6,9H2. The average Bonchev–Trinajstić information content (AvgIpc) is 2.83. The van der Waals surface area contributed by atoms with Crippen molar-refractivity contribution in [3.8, 4) is 11.8 Å². The van der Waals surface area contributed by atoms with Gasteiger partial charge in [0.25, 0.3) is 0 Å². The first-order chi connectivity index (χ1) is 9.49. The first kappa shape index (κ1) is 14.7. The van der Waals surface area contributed by atoms with Gasteiger partial charge in [-0.15, -0.1) is 13.2 Å². The summed E-state index contributed by atoms with van der Waals surface area (Å²) < 4.78 is 40.9. The molecule has 0 heterocycles. The lowest BCUT2D eigenvalue weighted by Gasteiger charge is -2.18. The smallest absolute Gasteiger partial charge is 0.405 e. The number of alkyl halides is 3. The molecule has 0 aliphatic heterocycles. The van der Waals surface area contributed by atoms with Gasteiger partial charge >= 0.3 is 6.36 Å². The van der Waals surface area contributed by atoms with Gasteiger partial charge in [-0.05, 0) is 18.9 Å². The number of benzene rings is 1. The number of ether oxygens (including phenoxy) is 1. The zero-order valence-corrected chi connectivity index (χ0v) is 10.8. The number of rotatable bonds is 4. The highest BCUT2D eigenvalue weighted by Gasteiger charge is 2.32. The predicted molar refractivity (Wildman–Crippen MR) is 66.7 cm³/mol. The van der Waals surface area contributed by atoms with Gasteiger partial charge in [0, 0.05) is 18.2 Å². The molecule has 0 aromatic heterocycles. The van der Waals surface area contributed by atoms with Crippen LogP contribution < -0.4 is 10.1 Å². The number of hydrogen-bond acceptors (Lipinski definition) is 3. The van der Waals surface area contributed by atoms with Crippen molar-refractivity contribution in [2.24, 2.45) is 5.92 Å². The Labute approximate surface area is 115 Å². The van der Waals surface area contributed by atoms with Gasteiger partial charge in [0.2, 0.25) is 0 Å². The third kappa shape index (κ3) is 3.87. The lowest BCUT2D eigenvalue weighted by Crippen LogP contribution is -2.31. The molecular formula is C14H15F3N2O. The molecule has 0 amide bonds. The number of para-hydroxylation sites is 1. The second-order valence-electron chi connectivity index (χ2n) is 4.81. The van der Waals surface area contributed by atoms with Crippen molar-refractivity contribution in [2.45, 2.75) is 38.2 Å². The molecule has 1 aromatic rings. The number of nitrogens with zero attached hydrogens (tertiary/aromatic N) is 1. The van der Waals surface area contributed by atoms with E-state index in [4.69, 9.17) is 5.26 Å². The Hall–Kier alpha value is -1.74. The Morgan fingerprint density at radius 3 is 2.75 bits per heavy atom. The van der Waals surface area contributed by atoms with Crippen molar-refractivity contribution in [1.29, 1.82) is 5.26 Å². The Kier molecular flexibility index (Phi) is 4.50. The van der Waals surface area contributed by atoms with Crippen molar-refractivity contribution >= 4 is 0 Å². The van der Waals surface area contributed by atoms with Gasteiger partial charge in [0.15, 0.2) is 0 Å². The third-order valence-corrected chi connectivity index (χ3v) is 3.43. The Morgan fingerprint density at radius 2 is 2.05 bits per heavy atom. The van der Waals surface area contributed by atoms with Crippen molar-refractivity contribution in [3.05, 3.63) is 29.8 Å². The summed E-state index contributed by atoms with van der Waals surface area (Å²) in [6.45, 7) is 0.259. The van der Waals surface area contributed by atoms with E-state index in [0.29, 0.717) is 5.56 Å². The zero-order chi connectivity index (χ0) is 14.6.